The SMILES string of the molecule is NC(=O)c1cccc(C(S/C=C\c2nccs2)(c2ccccc2)c2ccccc2)c1. The molecule has 3 nitrogen and oxygen atoms in total. The van der Waals surface area contributed by atoms with Gasteiger partial charge in [0.2, 0.25) is 5.91 Å². The fourth-order valence-electron chi connectivity index (χ4n) is 3.45. The monoisotopic (exact) mass is 428 g/mol. The highest BCUT2D eigenvalue weighted by atomic mass is 32.2. The Labute approximate surface area is 184 Å². The smallest absolute Gasteiger partial charge is 0.248 e. The Morgan fingerprint density at radius 1 is 0.900 bits per heavy atom. The highest BCUT2D eigenvalue weighted by Crippen LogP contribution is 2.49. The second kappa shape index (κ2) is 9.11. The van der Waals surface area contributed by atoms with Crippen LogP contribution in [0.3, 0.4) is 0 Å². The third-order valence-electron chi connectivity index (χ3n) is 4.82. The Bertz CT molecular complexity index is 1100. The van der Waals surface area contributed by atoms with E-state index in [1.807, 2.05) is 60.0 Å². The fraction of sp³-hybridized carbons (Fsp3) is 0.0400. The third kappa shape index (κ3) is 4.08. The zero-order valence-corrected chi connectivity index (χ0v) is 17.8. The molecule has 0 bridgehead atoms. The van der Waals surface area contributed by atoms with Crippen molar-refractivity contribution in [2.24, 2.45) is 5.73 Å². The first-order chi connectivity index (χ1) is 14.7. The van der Waals surface area contributed by atoms with Crippen LogP contribution in [0.25, 0.3) is 6.08 Å². The molecule has 148 valence electrons. The molecule has 1 aromatic heterocycles. The number of carbonyl (C=O) groups is 1. The van der Waals surface area contributed by atoms with Gasteiger partial charge in [-0.05, 0) is 40.3 Å². The number of amides is 1. The van der Waals surface area contributed by atoms with Crippen molar-refractivity contribution in [1.82, 2.24) is 4.98 Å². The Hall–Kier alpha value is -3.15. The molecule has 4 aromatic rings. The summed E-state index contributed by atoms with van der Waals surface area (Å²) in [7, 11) is 0. The summed E-state index contributed by atoms with van der Waals surface area (Å²) in [6.45, 7) is 0. The molecule has 0 atom stereocenters. The lowest BCUT2D eigenvalue weighted by Crippen LogP contribution is -2.25. The second-order valence-corrected chi connectivity index (χ2v) is 8.70. The number of aromatic nitrogens is 1. The lowest BCUT2D eigenvalue weighted by Gasteiger charge is -2.34. The number of hydrogen-bond donors (Lipinski definition) is 1. The van der Waals surface area contributed by atoms with E-state index in [0.717, 1.165) is 21.7 Å². The summed E-state index contributed by atoms with van der Waals surface area (Å²) in [6.07, 6.45) is 3.82. The van der Waals surface area contributed by atoms with Crippen molar-refractivity contribution in [3.63, 3.8) is 0 Å². The minimum absolute atomic E-state index is 0.435. The zero-order valence-electron chi connectivity index (χ0n) is 16.1. The summed E-state index contributed by atoms with van der Waals surface area (Å²) < 4.78 is -0.554. The van der Waals surface area contributed by atoms with Crippen LogP contribution in [-0.4, -0.2) is 10.9 Å². The molecule has 0 aliphatic heterocycles. The Morgan fingerprint density at radius 2 is 1.53 bits per heavy atom. The highest BCUT2D eigenvalue weighted by Gasteiger charge is 2.36. The number of rotatable bonds is 7. The highest BCUT2D eigenvalue weighted by molar-refractivity contribution is 8.03. The molecule has 0 fully saturated rings. The maximum Gasteiger partial charge on any atom is 0.248 e. The van der Waals surface area contributed by atoms with E-state index < -0.39 is 10.7 Å². The molecular weight excluding hydrogens is 408 g/mol. The molecule has 4 rings (SSSR count). The molecule has 0 saturated heterocycles. The van der Waals surface area contributed by atoms with Crippen molar-refractivity contribution in [1.29, 1.82) is 0 Å². The van der Waals surface area contributed by atoms with E-state index in [1.165, 1.54) is 0 Å². The third-order valence-corrected chi connectivity index (χ3v) is 6.89. The van der Waals surface area contributed by atoms with Crippen molar-refractivity contribution < 1.29 is 4.79 Å². The molecule has 0 aliphatic rings. The van der Waals surface area contributed by atoms with E-state index in [0.29, 0.717) is 5.56 Å². The van der Waals surface area contributed by atoms with Gasteiger partial charge in [0.05, 0.1) is 4.75 Å². The number of nitrogens with two attached hydrogens (primary N) is 1. The van der Waals surface area contributed by atoms with Crippen LogP contribution in [0.15, 0.2) is 102 Å². The molecule has 0 unspecified atom stereocenters. The molecule has 0 aliphatic carbocycles. The molecule has 0 saturated carbocycles. The van der Waals surface area contributed by atoms with Crippen LogP contribution < -0.4 is 5.73 Å². The minimum atomic E-state index is -0.554. The predicted octanol–water partition coefficient (Wildman–Crippen LogP) is 5.94. The van der Waals surface area contributed by atoms with Crippen LogP contribution in [0.4, 0.5) is 0 Å². The quantitative estimate of drug-likeness (QED) is 0.371. The Morgan fingerprint density at radius 3 is 2.10 bits per heavy atom. The van der Waals surface area contributed by atoms with Gasteiger partial charge in [-0.25, -0.2) is 4.98 Å². The van der Waals surface area contributed by atoms with Crippen molar-refractivity contribution in [2.45, 2.75) is 4.75 Å². The van der Waals surface area contributed by atoms with Crippen LogP contribution in [-0.2, 0) is 4.75 Å². The van der Waals surface area contributed by atoms with Crippen molar-refractivity contribution in [3.8, 4) is 0 Å². The number of benzene rings is 3. The summed E-state index contributed by atoms with van der Waals surface area (Å²) in [4.78, 5) is 16.3. The first kappa shape index (κ1) is 20.1. The summed E-state index contributed by atoms with van der Waals surface area (Å²) in [6, 6.07) is 28.2. The van der Waals surface area contributed by atoms with Crippen molar-refractivity contribution >= 4 is 35.1 Å². The van der Waals surface area contributed by atoms with Gasteiger partial charge in [-0.15, -0.1) is 23.1 Å². The Balaban J connectivity index is 1.93. The van der Waals surface area contributed by atoms with Crippen molar-refractivity contribution in [3.05, 3.63) is 129 Å². The molecule has 1 heterocycles. The first-order valence-electron chi connectivity index (χ1n) is 9.45. The van der Waals surface area contributed by atoms with Gasteiger partial charge in [0, 0.05) is 17.1 Å². The number of thioether (sulfide) groups is 1. The normalized spacial score (nSPS) is 11.6. The summed E-state index contributed by atoms with van der Waals surface area (Å²) in [5.41, 5.74) is 9.32. The number of nitrogens with zero attached hydrogens (tertiary/aromatic N) is 1. The van der Waals surface area contributed by atoms with Gasteiger partial charge in [-0.3, -0.25) is 4.79 Å². The second-order valence-electron chi connectivity index (χ2n) is 6.65. The number of hydrogen-bond acceptors (Lipinski definition) is 4. The standard InChI is InChI=1S/C25H20N2OS2/c26-24(28)19-8-7-13-22(18-19)25(20-9-3-1-4-10-20,21-11-5-2-6-12-21)30-16-14-23-27-15-17-29-23/h1-18H,(H2,26,28)/b16-14-. The molecule has 2 N–H and O–H groups in total. The summed E-state index contributed by atoms with van der Waals surface area (Å²) in [5, 5.41) is 4.99. The maximum atomic E-state index is 11.9. The van der Waals surface area contributed by atoms with Gasteiger partial charge in [0.15, 0.2) is 0 Å². The molecule has 30 heavy (non-hydrogen) atoms. The van der Waals surface area contributed by atoms with Gasteiger partial charge >= 0.3 is 0 Å². The predicted molar refractivity (Wildman–Crippen MR) is 126 cm³/mol. The van der Waals surface area contributed by atoms with E-state index in [9.17, 15) is 4.79 Å². The maximum absolute atomic E-state index is 11.9. The molecule has 3 aromatic carbocycles. The molecule has 1 amide bonds. The average molecular weight is 429 g/mol. The van der Waals surface area contributed by atoms with Crippen LogP contribution >= 0.6 is 23.1 Å². The summed E-state index contributed by atoms with van der Waals surface area (Å²) >= 11 is 3.28. The van der Waals surface area contributed by atoms with E-state index in [4.69, 9.17) is 5.73 Å². The lowest BCUT2D eigenvalue weighted by atomic mass is 9.83. The first-order valence-corrected chi connectivity index (χ1v) is 11.2. The van der Waals surface area contributed by atoms with Crippen LogP contribution in [0.5, 0.6) is 0 Å². The van der Waals surface area contributed by atoms with E-state index >= 15 is 0 Å². The van der Waals surface area contributed by atoms with Gasteiger partial charge in [0.1, 0.15) is 5.01 Å². The van der Waals surface area contributed by atoms with Crippen LogP contribution in [0, 0.1) is 0 Å². The number of carbonyl (C=O) groups excluding carboxylic acids is 1. The van der Waals surface area contributed by atoms with Gasteiger partial charge in [-0.2, -0.15) is 0 Å². The van der Waals surface area contributed by atoms with E-state index in [-0.39, 0.29) is 0 Å². The summed E-state index contributed by atoms with van der Waals surface area (Å²) in [5.74, 6) is -0.435. The van der Waals surface area contributed by atoms with Gasteiger partial charge < -0.3 is 5.73 Å². The van der Waals surface area contributed by atoms with E-state index in [2.05, 4.69) is 40.7 Å². The fourth-order valence-corrected chi connectivity index (χ4v) is 5.28. The van der Waals surface area contributed by atoms with Crippen LogP contribution in [0.1, 0.15) is 32.1 Å². The molecular formula is C25H20N2OS2. The van der Waals surface area contributed by atoms with Gasteiger partial charge in [-0.1, -0.05) is 72.8 Å². The van der Waals surface area contributed by atoms with E-state index in [1.54, 1.807) is 35.4 Å². The molecule has 0 radical (unpaired) electrons. The Kier molecular flexibility index (Phi) is 6.12. The topological polar surface area (TPSA) is 56.0 Å². The average Bonchev–Trinajstić information content (AvgIpc) is 3.32. The zero-order chi connectivity index (χ0) is 20.8. The van der Waals surface area contributed by atoms with Crippen LogP contribution in [0.2, 0.25) is 0 Å². The number of primary amides is 1. The lowest BCUT2D eigenvalue weighted by molar-refractivity contribution is 0.1000. The minimum Gasteiger partial charge on any atom is -0.366 e. The van der Waals surface area contributed by atoms with Gasteiger partial charge in [0.25, 0.3) is 0 Å². The van der Waals surface area contributed by atoms with Crippen molar-refractivity contribution in [2.75, 3.05) is 0 Å². The largest absolute Gasteiger partial charge is 0.366 e. The number of thiazole rings is 1. The molecule has 0 spiro atoms. The molecule has 5 heteroatoms.